The second kappa shape index (κ2) is 11.5. The van der Waals surface area contributed by atoms with Gasteiger partial charge in [-0.25, -0.2) is 32.5 Å². The highest BCUT2D eigenvalue weighted by Crippen LogP contribution is 2.26. The minimum absolute atomic E-state index is 0.0184. The number of sulfonamides is 1. The molecule has 4 N–H and O–H groups in total. The molecule has 2 aromatic rings. The molecular weight excluding hydrogens is 506 g/mol. The number of amides is 2. The van der Waals surface area contributed by atoms with Crippen LogP contribution in [0.2, 0.25) is 0 Å². The van der Waals surface area contributed by atoms with E-state index >= 15 is 0 Å². The molecule has 0 unspecified atom stereocenters. The summed E-state index contributed by atoms with van der Waals surface area (Å²) in [7, 11) is -1.90. The van der Waals surface area contributed by atoms with Crippen LogP contribution in [-0.2, 0) is 17.1 Å². The number of anilines is 1. The number of primary amides is 1. The van der Waals surface area contributed by atoms with Crippen molar-refractivity contribution in [1.29, 1.82) is 0 Å². The Morgan fingerprint density at radius 3 is 2.64 bits per heavy atom. The zero-order valence-corrected chi connectivity index (χ0v) is 22.5. The van der Waals surface area contributed by atoms with E-state index in [2.05, 4.69) is 25.4 Å². The third-order valence-electron chi connectivity index (χ3n) is 5.42. The van der Waals surface area contributed by atoms with E-state index in [-0.39, 0.29) is 17.7 Å². The Bertz CT molecular complexity index is 1190. The third-order valence-corrected chi connectivity index (χ3v) is 7.50. The molecule has 2 aromatic heterocycles. The van der Waals surface area contributed by atoms with E-state index in [1.54, 1.807) is 44.1 Å². The summed E-state index contributed by atoms with van der Waals surface area (Å²) in [5.41, 5.74) is 5.95. The van der Waals surface area contributed by atoms with Gasteiger partial charge in [-0.2, -0.15) is 9.52 Å². The van der Waals surface area contributed by atoms with Crippen LogP contribution in [0.15, 0.2) is 23.7 Å². The summed E-state index contributed by atoms with van der Waals surface area (Å²) in [6.07, 6.45) is 7.34. The lowest BCUT2D eigenvalue weighted by molar-refractivity contribution is 0.0776. The number of hydrogen-bond acceptors (Lipinski definition) is 10. The fraction of sp³-hybridized carbons (Fsp3) is 0.571. The molecule has 0 bridgehead atoms. The minimum atomic E-state index is -3.70. The monoisotopic (exact) mass is 539 g/mol. The van der Waals surface area contributed by atoms with Crippen molar-refractivity contribution >= 4 is 40.2 Å². The molecule has 0 atom stereocenters. The highest BCUT2D eigenvalue weighted by atomic mass is 32.2. The lowest BCUT2D eigenvalue weighted by Crippen LogP contribution is -2.46. The number of nitrogens with one attached hydrogen (secondary N) is 1. The predicted octanol–water partition coefficient (Wildman–Crippen LogP) is 0.919. The normalized spacial score (nSPS) is 15.4. The van der Waals surface area contributed by atoms with Crippen LogP contribution in [0, 0.1) is 0 Å². The summed E-state index contributed by atoms with van der Waals surface area (Å²) in [6, 6.07) is 0.543. The molecule has 15 heteroatoms. The van der Waals surface area contributed by atoms with Gasteiger partial charge in [-0.15, -0.1) is 0 Å². The summed E-state index contributed by atoms with van der Waals surface area (Å²) < 4.78 is 29.7. The molecule has 0 spiro atoms. The zero-order chi connectivity index (χ0) is 26.5. The van der Waals surface area contributed by atoms with Crippen LogP contribution < -0.4 is 15.4 Å². The number of aromatic nitrogens is 4. The Labute approximate surface area is 215 Å². The van der Waals surface area contributed by atoms with Gasteiger partial charge in [0.1, 0.15) is 0 Å². The maximum atomic E-state index is 12.8. The molecule has 1 aliphatic rings. The molecule has 1 saturated heterocycles. The van der Waals surface area contributed by atoms with E-state index in [1.807, 2.05) is 0 Å². The zero-order valence-electron chi connectivity index (χ0n) is 20.8. The number of nitrogens with zero attached hydrogens (tertiary/aromatic N) is 7. The van der Waals surface area contributed by atoms with Gasteiger partial charge in [0.05, 0.1) is 53.7 Å². The maximum absolute atomic E-state index is 12.8. The molecule has 3 rings (SSSR count). The number of piperidine rings is 1. The van der Waals surface area contributed by atoms with Crippen LogP contribution in [0.1, 0.15) is 38.8 Å². The molecule has 0 radical (unpaired) electrons. The van der Waals surface area contributed by atoms with Crippen molar-refractivity contribution in [1.82, 2.24) is 29.3 Å². The summed E-state index contributed by atoms with van der Waals surface area (Å²) >= 11 is 1.05. The SMILES string of the molecule is Cn1cncc1-c1cc(/C=N/N(SCCC(C)(C)O)C(N)=O)nc(N(C2CCNCC2)S(C)(=O)=O)n1. The van der Waals surface area contributed by atoms with Crippen molar-refractivity contribution < 1.29 is 18.3 Å². The number of aliphatic hydroxyl groups is 1. The lowest BCUT2D eigenvalue weighted by Gasteiger charge is -2.33. The topological polar surface area (TPSA) is 172 Å². The number of nitrogens with two attached hydrogens (primary N) is 1. The van der Waals surface area contributed by atoms with Gasteiger partial charge in [-0.3, -0.25) is 0 Å². The summed E-state index contributed by atoms with van der Waals surface area (Å²) in [5.74, 6) is 0.418. The molecule has 36 heavy (non-hydrogen) atoms. The number of carbonyl (C=O) groups is 1. The van der Waals surface area contributed by atoms with Crippen molar-refractivity contribution in [3.63, 3.8) is 0 Å². The van der Waals surface area contributed by atoms with Crippen molar-refractivity contribution in [3.05, 3.63) is 24.3 Å². The van der Waals surface area contributed by atoms with E-state index in [0.29, 0.717) is 49.5 Å². The third kappa shape index (κ3) is 7.62. The Kier molecular flexibility index (Phi) is 8.92. The highest BCUT2D eigenvalue weighted by Gasteiger charge is 2.31. The van der Waals surface area contributed by atoms with Crippen LogP contribution in [0.3, 0.4) is 0 Å². The van der Waals surface area contributed by atoms with E-state index in [1.165, 1.54) is 10.5 Å². The maximum Gasteiger partial charge on any atom is 0.345 e. The Morgan fingerprint density at radius 2 is 2.08 bits per heavy atom. The van der Waals surface area contributed by atoms with Crippen LogP contribution in [-0.4, -0.2) is 86.4 Å². The van der Waals surface area contributed by atoms with Gasteiger partial charge in [0.2, 0.25) is 16.0 Å². The average molecular weight is 540 g/mol. The first-order valence-corrected chi connectivity index (χ1v) is 14.2. The summed E-state index contributed by atoms with van der Waals surface area (Å²) in [6.45, 7) is 4.71. The van der Waals surface area contributed by atoms with Crippen molar-refractivity contribution in [2.24, 2.45) is 17.9 Å². The van der Waals surface area contributed by atoms with Gasteiger partial charge >= 0.3 is 6.03 Å². The van der Waals surface area contributed by atoms with Crippen molar-refractivity contribution in [2.45, 2.75) is 44.8 Å². The van der Waals surface area contributed by atoms with Gasteiger partial charge in [-0.05, 0) is 64.2 Å². The predicted molar refractivity (Wildman–Crippen MR) is 140 cm³/mol. The molecule has 0 saturated carbocycles. The van der Waals surface area contributed by atoms with E-state index in [9.17, 15) is 18.3 Å². The van der Waals surface area contributed by atoms with E-state index in [4.69, 9.17) is 5.73 Å². The minimum Gasteiger partial charge on any atom is -0.390 e. The molecule has 1 fully saturated rings. The molecule has 2 amide bonds. The fourth-order valence-electron chi connectivity index (χ4n) is 3.62. The Hall–Kier alpha value is -2.75. The fourth-order valence-corrected chi connectivity index (χ4v) is 5.76. The first kappa shape index (κ1) is 27.8. The number of aryl methyl sites for hydroxylation is 1. The van der Waals surface area contributed by atoms with Crippen molar-refractivity contribution in [3.8, 4) is 11.4 Å². The highest BCUT2D eigenvalue weighted by molar-refractivity contribution is 7.97. The molecule has 13 nitrogen and oxygen atoms in total. The number of carbonyl (C=O) groups excluding carboxylic acids is 1. The summed E-state index contributed by atoms with van der Waals surface area (Å²) in [4.78, 5) is 25.1. The van der Waals surface area contributed by atoms with Gasteiger partial charge in [0.25, 0.3) is 0 Å². The van der Waals surface area contributed by atoms with Gasteiger partial charge in [0.15, 0.2) is 0 Å². The lowest BCUT2D eigenvalue weighted by atomic mass is 10.1. The van der Waals surface area contributed by atoms with E-state index < -0.39 is 21.7 Å². The second-order valence-electron chi connectivity index (χ2n) is 9.16. The Morgan fingerprint density at radius 1 is 1.39 bits per heavy atom. The largest absolute Gasteiger partial charge is 0.390 e. The van der Waals surface area contributed by atoms with E-state index in [0.717, 1.165) is 22.6 Å². The smallest absolute Gasteiger partial charge is 0.345 e. The van der Waals surface area contributed by atoms with Crippen LogP contribution >= 0.6 is 11.9 Å². The molecule has 198 valence electrons. The number of hydrogen-bond donors (Lipinski definition) is 3. The first-order chi connectivity index (χ1) is 16.8. The standard InChI is InChI=1S/C21H33N9O4S2/c1-21(2,32)7-10-35-30(19(22)31)25-12-15-11-17(18-13-24-14-28(18)3)27-20(26-15)29(36(4,33)34)16-5-8-23-9-6-16/h11-14,16,23,32H,5-10H2,1-4H3,(H2,22,31)/b25-12+. The van der Waals surface area contributed by atoms with Crippen LogP contribution in [0.4, 0.5) is 10.7 Å². The number of urea groups is 1. The van der Waals surface area contributed by atoms with Crippen LogP contribution in [0.5, 0.6) is 0 Å². The van der Waals surface area contributed by atoms with Gasteiger partial charge < -0.3 is 20.7 Å². The first-order valence-electron chi connectivity index (χ1n) is 11.4. The average Bonchev–Trinajstić information content (AvgIpc) is 3.21. The Balaban J connectivity index is 2.01. The molecule has 1 aliphatic heterocycles. The molecule has 0 aliphatic carbocycles. The van der Waals surface area contributed by atoms with Gasteiger partial charge in [-0.1, -0.05) is 0 Å². The number of rotatable bonds is 10. The number of hydrazone groups is 1. The number of imidazole rings is 1. The van der Waals surface area contributed by atoms with Gasteiger partial charge in [0, 0.05) is 12.8 Å². The van der Waals surface area contributed by atoms with Crippen LogP contribution in [0.25, 0.3) is 11.4 Å². The summed E-state index contributed by atoms with van der Waals surface area (Å²) in [5, 5.41) is 17.3. The quantitative estimate of drug-likeness (QED) is 0.225. The molecule has 3 heterocycles. The molecular formula is C21H33N9O4S2. The second-order valence-corrected chi connectivity index (χ2v) is 12.0. The molecule has 0 aromatic carbocycles. The van der Waals surface area contributed by atoms with Crippen molar-refractivity contribution in [2.75, 3.05) is 29.4 Å².